The zero-order valence-electron chi connectivity index (χ0n) is 20.1. The number of aryl methyl sites for hydroxylation is 1. The molecule has 0 spiro atoms. The molecule has 0 aliphatic heterocycles. The van der Waals surface area contributed by atoms with Crippen LogP contribution in [-0.4, -0.2) is 22.1 Å². The van der Waals surface area contributed by atoms with Gasteiger partial charge in [0.25, 0.3) is 0 Å². The number of aromatic nitrogens is 3. The minimum absolute atomic E-state index is 0.414. The lowest BCUT2D eigenvalue weighted by Crippen LogP contribution is -2.16. The highest BCUT2D eigenvalue weighted by atomic mass is 16.5. The number of hydrogen-bond donors (Lipinski definition) is 2. The van der Waals surface area contributed by atoms with Gasteiger partial charge in [-0.2, -0.15) is 15.0 Å². The van der Waals surface area contributed by atoms with E-state index in [0.717, 1.165) is 28.5 Å². The molecule has 0 aliphatic rings. The maximum Gasteiger partial charge on any atom is 0.241 e. The molecule has 0 saturated heterocycles. The summed E-state index contributed by atoms with van der Waals surface area (Å²) < 4.78 is 5.28. The Kier molecular flexibility index (Phi) is 6.71. The van der Waals surface area contributed by atoms with Crippen LogP contribution in [0.3, 0.4) is 0 Å². The summed E-state index contributed by atoms with van der Waals surface area (Å²) in [6.07, 6.45) is 0. The van der Waals surface area contributed by atoms with Crippen LogP contribution in [-0.2, 0) is 0 Å². The van der Waals surface area contributed by atoms with E-state index in [1.807, 2.05) is 114 Å². The van der Waals surface area contributed by atoms with E-state index in [1.165, 1.54) is 5.56 Å². The van der Waals surface area contributed by atoms with E-state index >= 15 is 0 Å². The summed E-state index contributed by atoms with van der Waals surface area (Å²) in [4.78, 5) is 16.3. The third kappa shape index (κ3) is 5.42. The largest absolute Gasteiger partial charge is 0.497 e. The first-order valence-corrected chi connectivity index (χ1v) is 11.6. The number of benzene rings is 4. The summed E-state index contributed by atoms with van der Waals surface area (Å²) >= 11 is 0. The van der Waals surface area contributed by atoms with Gasteiger partial charge in [0.05, 0.1) is 7.11 Å². The van der Waals surface area contributed by atoms with Gasteiger partial charge < -0.3 is 15.4 Å². The summed E-state index contributed by atoms with van der Waals surface area (Å²) in [6.45, 7) is 2.05. The molecule has 0 amide bonds. The van der Waals surface area contributed by atoms with Crippen LogP contribution in [0.25, 0.3) is 0 Å². The van der Waals surface area contributed by atoms with Crippen LogP contribution in [0.5, 0.6) is 5.75 Å². The molecule has 2 N–H and O–H groups in total. The maximum absolute atomic E-state index is 5.28. The molecule has 1 aromatic heterocycles. The summed E-state index contributed by atoms with van der Waals surface area (Å²) in [7, 11) is 1.64. The zero-order valence-corrected chi connectivity index (χ0v) is 20.1. The fourth-order valence-corrected chi connectivity index (χ4v) is 3.68. The standard InChI is InChI=1S/C29H26N6O/c1-21-13-15-22(16-14-21)30-27-32-28(31-23-17-19-26(36-2)20-18-23)34-29(33-27)35(24-9-5-3-6-10-24)25-11-7-4-8-12-25/h3-20H,1-2H3,(H2,30,31,32,33,34). The lowest BCUT2D eigenvalue weighted by Gasteiger charge is -2.24. The molecule has 4 aromatic carbocycles. The molecule has 0 aliphatic carbocycles. The number of nitrogens with zero attached hydrogens (tertiary/aromatic N) is 4. The van der Waals surface area contributed by atoms with Crippen LogP contribution in [0.1, 0.15) is 5.56 Å². The van der Waals surface area contributed by atoms with Crippen molar-refractivity contribution in [2.75, 3.05) is 22.6 Å². The molecule has 7 heteroatoms. The average molecular weight is 475 g/mol. The fraction of sp³-hybridized carbons (Fsp3) is 0.0690. The van der Waals surface area contributed by atoms with Crippen molar-refractivity contribution in [2.24, 2.45) is 0 Å². The molecule has 0 atom stereocenters. The van der Waals surface area contributed by atoms with E-state index in [2.05, 4.69) is 22.5 Å². The number of rotatable bonds is 8. The molecule has 7 nitrogen and oxygen atoms in total. The van der Waals surface area contributed by atoms with Crippen molar-refractivity contribution in [3.05, 3.63) is 115 Å². The van der Waals surface area contributed by atoms with Gasteiger partial charge in [-0.15, -0.1) is 0 Å². The van der Waals surface area contributed by atoms with E-state index in [-0.39, 0.29) is 0 Å². The van der Waals surface area contributed by atoms with Crippen molar-refractivity contribution in [1.82, 2.24) is 15.0 Å². The molecular weight excluding hydrogens is 448 g/mol. The van der Waals surface area contributed by atoms with Crippen LogP contribution in [0.4, 0.5) is 40.6 Å². The Bertz CT molecular complexity index is 1370. The third-order valence-corrected chi connectivity index (χ3v) is 5.51. The fourth-order valence-electron chi connectivity index (χ4n) is 3.68. The first kappa shape index (κ1) is 22.9. The average Bonchev–Trinajstić information content (AvgIpc) is 2.92. The number of hydrogen-bond acceptors (Lipinski definition) is 7. The highest BCUT2D eigenvalue weighted by molar-refractivity contribution is 5.74. The molecule has 0 fully saturated rings. The van der Waals surface area contributed by atoms with E-state index in [1.54, 1.807) is 7.11 Å². The van der Waals surface area contributed by atoms with Crippen LogP contribution >= 0.6 is 0 Å². The number of methoxy groups -OCH3 is 1. The maximum atomic E-state index is 5.28. The summed E-state index contributed by atoms with van der Waals surface area (Å²) in [5.74, 6) is 2.10. The molecule has 5 rings (SSSR count). The van der Waals surface area contributed by atoms with Crippen LogP contribution < -0.4 is 20.3 Å². The van der Waals surface area contributed by atoms with Gasteiger partial charge in [-0.25, -0.2) is 0 Å². The van der Waals surface area contributed by atoms with Crippen molar-refractivity contribution in [3.8, 4) is 5.75 Å². The monoisotopic (exact) mass is 474 g/mol. The van der Waals surface area contributed by atoms with Crippen LogP contribution in [0, 0.1) is 6.92 Å². The van der Waals surface area contributed by atoms with Crippen molar-refractivity contribution in [1.29, 1.82) is 0 Å². The number of nitrogens with one attached hydrogen (secondary N) is 2. The first-order valence-electron chi connectivity index (χ1n) is 11.6. The van der Waals surface area contributed by atoms with E-state index < -0.39 is 0 Å². The Hall–Kier alpha value is -4.91. The lowest BCUT2D eigenvalue weighted by molar-refractivity contribution is 0.415. The first-order chi connectivity index (χ1) is 17.7. The Labute approximate surface area is 210 Å². The minimum atomic E-state index is 0.414. The molecule has 178 valence electrons. The predicted octanol–water partition coefficient (Wildman–Crippen LogP) is 7.15. The quantitative estimate of drug-likeness (QED) is 0.247. The van der Waals surface area contributed by atoms with E-state index in [4.69, 9.17) is 14.7 Å². The second-order valence-corrected chi connectivity index (χ2v) is 8.13. The normalized spacial score (nSPS) is 10.5. The Morgan fingerprint density at radius 3 is 1.53 bits per heavy atom. The van der Waals surface area contributed by atoms with Gasteiger partial charge in [-0.1, -0.05) is 54.1 Å². The van der Waals surface area contributed by atoms with Gasteiger partial charge >= 0.3 is 0 Å². The second kappa shape index (κ2) is 10.6. The Morgan fingerprint density at radius 1 is 0.583 bits per heavy atom. The summed E-state index contributed by atoms with van der Waals surface area (Å²) in [5, 5.41) is 6.63. The SMILES string of the molecule is COc1ccc(Nc2nc(Nc3ccc(C)cc3)nc(N(c3ccccc3)c3ccccc3)n2)cc1. The highest BCUT2D eigenvalue weighted by Crippen LogP contribution is 2.33. The minimum Gasteiger partial charge on any atom is -0.497 e. The molecule has 0 bridgehead atoms. The van der Waals surface area contributed by atoms with Gasteiger partial charge in [-0.3, -0.25) is 4.90 Å². The third-order valence-electron chi connectivity index (χ3n) is 5.51. The van der Waals surface area contributed by atoms with Crippen molar-refractivity contribution >= 4 is 40.6 Å². The topological polar surface area (TPSA) is 75.2 Å². The van der Waals surface area contributed by atoms with E-state index in [0.29, 0.717) is 17.8 Å². The van der Waals surface area contributed by atoms with Gasteiger partial charge in [-0.05, 0) is 67.6 Å². The number of para-hydroxylation sites is 2. The van der Waals surface area contributed by atoms with Crippen molar-refractivity contribution < 1.29 is 4.74 Å². The molecule has 0 saturated carbocycles. The number of ether oxygens (including phenoxy) is 1. The van der Waals surface area contributed by atoms with Crippen LogP contribution in [0.15, 0.2) is 109 Å². The zero-order chi connectivity index (χ0) is 24.7. The van der Waals surface area contributed by atoms with Crippen LogP contribution in [0.2, 0.25) is 0 Å². The summed E-state index contributed by atoms with van der Waals surface area (Å²) in [6, 6.07) is 35.8. The second-order valence-electron chi connectivity index (χ2n) is 8.13. The van der Waals surface area contributed by atoms with Gasteiger partial charge in [0.15, 0.2) is 0 Å². The smallest absolute Gasteiger partial charge is 0.241 e. The summed E-state index contributed by atoms with van der Waals surface area (Å²) in [5.41, 5.74) is 4.77. The lowest BCUT2D eigenvalue weighted by atomic mass is 10.2. The predicted molar refractivity (Wildman–Crippen MR) is 145 cm³/mol. The van der Waals surface area contributed by atoms with Gasteiger partial charge in [0.2, 0.25) is 17.8 Å². The molecular formula is C29H26N6O. The Balaban J connectivity index is 1.59. The highest BCUT2D eigenvalue weighted by Gasteiger charge is 2.18. The molecule has 0 radical (unpaired) electrons. The molecule has 5 aromatic rings. The molecule has 1 heterocycles. The van der Waals surface area contributed by atoms with Crippen molar-refractivity contribution in [2.45, 2.75) is 6.92 Å². The Morgan fingerprint density at radius 2 is 1.06 bits per heavy atom. The van der Waals surface area contributed by atoms with Gasteiger partial charge in [0, 0.05) is 22.7 Å². The van der Waals surface area contributed by atoms with E-state index in [9.17, 15) is 0 Å². The van der Waals surface area contributed by atoms with Crippen molar-refractivity contribution in [3.63, 3.8) is 0 Å². The van der Waals surface area contributed by atoms with Gasteiger partial charge in [0.1, 0.15) is 5.75 Å². The molecule has 0 unspecified atom stereocenters. The molecule has 36 heavy (non-hydrogen) atoms. The number of anilines is 7.